The van der Waals surface area contributed by atoms with E-state index in [9.17, 15) is 4.79 Å². The van der Waals surface area contributed by atoms with Crippen LogP contribution in [0.5, 0.6) is 0 Å². The molecule has 1 heterocycles. The van der Waals surface area contributed by atoms with E-state index >= 15 is 0 Å². The largest absolute Gasteiger partial charge is 0.370 e. The molecule has 1 unspecified atom stereocenters. The first kappa shape index (κ1) is 17.5. The topological polar surface area (TPSA) is 54.0 Å². The summed E-state index contributed by atoms with van der Waals surface area (Å²) < 4.78 is 0. The predicted octanol–water partition coefficient (Wildman–Crippen LogP) is 3.49. The molecule has 0 fully saturated rings. The molecule has 4 nitrogen and oxygen atoms in total. The van der Waals surface area contributed by atoms with Crippen LogP contribution in [0.2, 0.25) is 0 Å². The first-order valence-corrected chi connectivity index (χ1v) is 7.81. The number of rotatable bonds is 6. The van der Waals surface area contributed by atoms with E-state index in [1.165, 1.54) is 0 Å². The molecule has 0 saturated carbocycles. The maximum absolute atomic E-state index is 12.3. The number of pyridine rings is 1. The molecule has 1 aromatic heterocycles. The molecule has 118 valence electrons. The van der Waals surface area contributed by atoms with Crippen molar-refractivity contribution in [1.82, 2.24) is 10.3 Å². The van der Waals surface area contributed by atoms with E-state index < -0.39 is 0 Å². The zero-order valence-electron chi connectivity index (χ0n) is 14.2. The minimum atomic E-state index is -0.0256. The molecule has 0 spiro atoms. The first-order chi connectivity index (χ1) is 9.77. The fourth-order valence-corrected chi connectivity index (χ4v) is 1.83. The van der Waals surface area contributed by atoms with E-state index in [0.717, 1.165) is 24.5 Å². The van der Waals surface area contributed by atoms with Gasteiger partial charge in [-0.3, -0.25) is 4.79 Å². The quantitative estimate of drug-likeness (QED) is 0.843. The molecule has 0 radical (unpaired) electrons. The summed E-state index contributed by atoms with van der Waals surface area (Å²) in [6.45, 7) is 14.3. The van der Waals surface area contributed by atoms with Crippen molar-refractivity contribution in [2.45, 2.75) is 48.0 Å². The third-order valence-corrected chi connectivity index (χ3v) is 3.91. The molecule has 2 N–H and O–H groups in total. The number of hydrogen-bond acceptors (Lipinski definition) is 3. The Balaban J connectivity index is 2.79. The first-order valence-electron chi connectivity index (χ1n) is 7.81. The van der Waals surface area contributed by atoms with Crippen LogP contribution >= 0.6 is 0 Å². The van der Waals surface area contributed by atoms with E-state index in [1.54, 1.807) is 0 Å². The Hall–Kier alpha value is -1.58. The summed E-state index contributed by atoms with van der Waals surface area (Å²) in [6.07, 6.45) is 0.817. The van der Waals surface area contributed by atoms with Gasteiger partial charge in [-0.25, -0.2) is 4.98 Å². The second kappa shape index (κ2) is 7.43. The lowest BCUT2D eigenvalue weighted by Crippen LogP contribution is -2.33. The lowest BCUT2D eigenvalue weighted by molar-refractivity contribution is 0.0937. The average Bonchev–Trinajstić information content (AvgIpc) is 2.43. The number of carbonyl (C=O) groups excluding carboxylic acids is 1. The molecule has 0 saturated heterocycles. The minimum absolute atomic E-state index is 0.0256. The smallest absolute Gasteiger partial charge is 0.251 e. The number of anilines is 1. The molecule has 1 amide bonds. The van der Waals surface area contributed by atoms with Crippen LogP contribution in [0, 0.1) is 11.3 Å². The number of aryl methyl sites for hydroxylation is 1. The molecule has 0 bridgehead atoms. The van der Waals surface area contributed by atoms with Gasteiger partial charge in [-0.2, -0.15) is 0 Å². The van der Waals surface area contributed by atoms with Gasteiger partial charge in [-0.15, -0.1) is 0 Å². The fourth-order valence-electron chi connectivity index (χ4n) is 1.83. The maximum Gasteiger partial charge on any atom is 0.251 e. The summed E-state index contributed by atoms with van der Waals surface area (Å²) in [4.78, 5) is 16.8. The van der Waals surface area contributed by atoms with E-state index in [2.05, 4.69) is 43.3 Å². The van der Waals surface area contributed by atoms with Gasteiger partial charge < -0.3 is 10.6 Å². The fraction of sp³-hybridized carbons (Fsp3) is 0.647. The third-order valence-electron chi connectivity index (χ3n) is 3.91. The summed E-state index contributed by atoms with van der Waals surface area (Å²) in [6, 6.07) is 3.69. The van der Waals surface area contributed by atoms with Crippen LogP contribution in [0.4, 0.5) is 5.82 Å². The second-order valence-corrected chi connectivity index (χ2v) is 6.59. The molecule has 1 aromatic rings. The van der Waals surface area contributed by atoms with Crippen LogP contribution in [-0.4, -0.2) is 24.0 Å². The van der Waals surface area contributed by atoms with Crippen molar-refractivity contribution in [2.75, 3.05) is 18.4 Å². The Morgan fingerprint density at radius 1 is 1.29 bits per heavy atom. The molecule has 1 atom stereocenters. The SMILES string of the molecule is CCNc1cc(C(=O)NCC(C)C(C)(C)C)cc(CC)n1. The summed E-state index contributed by atoms with van der Waals surface area (Å²) in [5, 5.41) is 6.21. The van der Waals surface area contributed by atoms with Gasteiger partial charge in [0, 0.05) is 24.3 Å². The van der Waals surface area contributed by atoms with Gasteiger partial charge in [0.25, 0.3) is 5.91 Å². The van der Waals surface area contributed by atoms with Crippen LogP contribution in [0.25, 0.3) is 0 Å². The van der Waals surface area contributed by atoms with E-state index in [1.807, 2.05) is 26.0 Å². The van der Waals surface area contributed by atoms with Crippen LogP contribution in [0.1, 0.15) is 57.6 Å². The highest BCUT2D eigenvalue weighted by atomic mass is 16.1. The third kappa shape index (κ3) is 5.37. The summed E-state index contributed by atoms with van der Waals surface area (Å²) in [7, 11) is 0. The van der Waals surface area contributed by atoms with Crippen LogP contribution in [0.15, 0.2) is 12.1 Å². The van der Waals surface area contributed by atoms with E-state index in [4.69, 9.17) is 0 Å². The van der Waals surface area contributed by atoms with Crippen molar-refractivity contribution < 1.29 is 4.79 Å². The highest BCUT2D eigenvalue weighted by molar-refractivity contribution is 5.95. The second-order valence-electron chi connectivity index (χ2n) is 6.59. The number of carbonyl (C=O) groups is 1. The Kier molecular flexibility index (Phi) is 6.19. The van der Waals surface area contributed by atoms with E-state index in [-0.39, 0.29) is 11.3 Å². The van der Waals surface area contributed by atoms with Crippen molar-refractivity contribution in [1.29, 1.82) is 0 Å². The Morgan fingerprint density at radius 2 is 1.95 bits per heavy atom. The summed E-state index contributed by atoms with van der Waals surface area (Å²) in [5.74, 6) is 1.16. The predicted molar refractivity (Wildman–Crippen MR) is 88.7 cm³/mol. The molecule has 21 heavy (non-hydrogen) atoms. The molecule has 4 heteroatoms. The molecule has 0 aliphatic rings. The molecule has 1 rings (SSSR count). The number of hydrogen-bond donors (Lipinski definition) is 2. The standard InChI is InChI=1S/C17H29N3O/c1-7-14-9-13(10-15(20-14)18-8-2)16(21)19-11-12(3)17(4,5)6/h9-10,12H,7-8,11H2,1-6H3,(H,18,20)(H,19,21). The van der Waals surface area contributed by atoms with Crippen molar-refractivity contribution in [3.8, 4) is 0 Å². The monoisotopic (exact) mass is 291 g/mol. The highest BCUT2D eigenvalue weighted by Crippen LogP contribution is 2.24. The molecule has 0 aromatic carbocycles. The maximum atomic E-state index is 12.3. The van der Waals surface area contributed by atoms with Crippen molar-refractivity contribution >= 4 is 11.7 Å². The Morgan fingerprint density at radius 3 is 2.48 bits per heavy atom. The van der Waals surface area contributed by atoms with Gasteiger partial charge in [-0.1, -0.05) is 34.6 Å². The van der Waals surface area contributed by atoms with Crippen molar-refractivity contribution in [3.05, 3.63) is 23.4 Å². The molecular formula is C17H29N3O. The highest BCUT2D eigenvalue weighted by Gasteiger charge is 2.20. The Labute approximate surface area is 128 Å². The molecule has 0 aliphatic carbocycles. The number of nitrogens with one attached hydrogen (secondary N) is 2. The zero-order chi connectivity index (χ0) is 16.0. The van der Waals surface area contributed by atoms with Gasteiger partial charge in [0.05, 0.1) is 0 Å². The lowest BCUT2D eigenvalue weighted by atomic mass is 9.82. The van der Waals surface area contributed by atoms with Crippen LogP contribution < -0.4 is 10.6 Å². The average molecular weight is 291 g/mol. The lowest BCUT2D eigenvalue weighted by Gasteiger charge is -2.27. The Bertz CT molecular complexity index is 477. The number of aromatic nitrogens is 1. The van der Waals surface area contributed by atoms with Gasteiger partial charge in [0.2, 0.25) is 0 Å². The zero-order valence-corrected chi connectivity index (χ0v) is 14.2. The van der Waals surface area contributed by atoms with Gasteiger partial charge in [0.1, 0.15) is 5.82 Å². The van der Waals surface area contributed by atoms with Crippen molar-refractivity contribution in [2.24, 2.45) is 11.3 Å². The van der Waals surface area contributed by atoms with Crippen LogP contribution in [-0.2, 0) is 6.42 Å². The minimum Gasteiger partial charge on any atom is -0.370 e. The summed E-state index contributed by atoms with van der Waals surface area (Å²) in [5.41, 5.74) is 1.80. The normalized spacial score (nSPS) is 12.9. The van der Waals surface area contributed by atoms with Gasteiger partial charge in [0.15, 0.2) is 0 Å². The molecule has 0 aliphatic heterocycles. The van der Waals surface area contributed by atoms with Crippen molar-refractivity contribution in [3.63, 3.8) is 0 Å². The van der Waals surface area contributed by atoms with Crippen LogP contribution in [0.3, 0.4) is 0 Å². The molecular weight excluding hydrogens is 262 g/mol. The van der Waals surface area contributed by atoms with E-state index in [0.29, 0.717) is 18.0 Å². The number of nitrogens with zero attached hydrogens (tertiary/aromatic N) is 1. The summed E-state index contributed by atoms with van der Waals surface area (Å²) >= 11 is 0. The van der Waals surface area contributed by atoms with Gasteiger partial charge >= 0.3 is 0 Å². The van der Waals surface area contributed by atoms with Gasteiger partial charge in [-0.05, 0) is 36.8 Å². The number of amides is 1.